The zero-order chi connectivity index (χ0) is 18.4. The molecule has 8 heteroatoms. The molecule has 5 nitrogen and oxygen atoms in total. The Morgan fingerprint density at radius 3 is 2.74 bits per heavy atom. The molecule has 0 saturated carbocycles. The molecule has 1 atom stereocenters. The van der Waals surface area contributed by atoms with Crippen LogP contribution in [0.15, 0.2) is 23.2 Å². The molecule has 2 aliphatic heterocycles. The lowest BCUT2D eigenvalue weighted by molar-refractivity contribution is 0.0195. The van der Waals surface area contributed by atoms with Gasteiger partial charge < -0.3 is 15.0 Å². The number of nitrogens with zero attached hydrogens (tertiary/aromatic N) is 3. The van der Waals surface area contributed by atoms with Crippen LogP contribution < -0.4 is 5.32 Å². The predicted octanol–water partition coefficient (Wildman–Crippen LogP) is 3.53. The van der Waals surface area contributed by atoms with Gasteiger partial charge in [-0.2, -0.15) is 0 Å². The first-order valence-electron chi connectivity index (χ1n) is 9.38. The van der Waals surface area contributed by atoms with Crippen LogP contribution in [0.4, 0.5) is 0 Å². The monoisotopic (exact) mass is 526 g/mol. The van der Waals surface area contributed by atoms with Crippen LogP contribution in [-0.4, -0.2) is 74.8 Å². The quantitative estimate of drug-likeness (QED) is 0.276. The van der Waals surface area contributed by atoms with Crippen molar-refractivity contribution in [3.05, 3.63) is 33.8 Å². The number of nitrogens with one attached hydrogen (secondary N) is 1. The second-order valence-electron chi connectivity index (χ2n) is 6.85. The highest BCUT2D eigenvalue weighted by molar-refractivity contribution is 14.0. The lowest BCUT2D eigenvalue weighted by atomic mass is 10.1. The van der Waals surface area contributed by atoms with Crippen molar-refractivity contribution in [1.82, 2.24) is 15.1 Å². The number of aliphatic imine (C=N–C) groups is 1. The molecule has 0 aliphatic carbocycles. The summed E-state index contributed by atoms with van der Waals surface area (Å²) in [4.78, 5) is 9.39. The molecule has 2 saturated heterocycles. The van der Waals surface area contributed by atoms with Crippen LogP contribution in [0.3, 0.4) is 0 Å². The van der Waals surface area contributed by atoms with Crippen LogP contribution >= 0.6 is 47.2 Å². The van der Waals surface area contributed by atoms with Crippen LogP contribution in [0.2, 0.25) is 10.0 Å². The van der Waals surface area contributed by atoms with E-state index in [2.05, 4.69) is 20.1 Å². The molecule has 2 aliphatic rings. The number of guanidine groups is 1. The van der Waals surface area contributed by atoms with Crippen molar-refractivity contribution in [2.45, 2.75) is 25.3 Å². The fourth-order valence-corrected chi connectivity index (χ4v) is 4.21. The van der Waals surface area contributed by atoms with Gasteiger partial charge in [0.15, 0.2) is 5.96 Å². The molecule has 27 heavy (non-hydrogen) atoms. The van der Waals surface area contributed by atoms with E-state index in [4.69, 9.17) is 27.9 Å². The SMILES string of the molecule is CN=C(NCCCc1ccc(Cl)cc1Cl)N1CCC(N2CCOCC2)C1.I. The third-order valence-corrected chi connectivity index (χ3v) is 5.74. The van der Waals surface area contributed by atoms with Crippen LogP contribution in [0.5, 0.6) is 0 Å². The molecule has 0 spiro atoms. The van der Waals surface area contributed by atoms with Crippen molar-refractivity contribution in [3.8, 4) is 0 Å². The molecule has 2 fully saturated rings. The average molecular weight is 527 g/mol. The molecule has 1 unspecified atom stereocenters. The van der Waals surface area contributed by atoms with E-state index in [-0.39, 0.29) is 24.0 Å². The molecular formula is C19H29Cl2IN4O. The highest BCUT2D eigenvalue weighted by Crippen LogP contribution is 2.22. The van der Waals surface area contributed by atoms with Crippen LogP contribution in [0.1, 0.15) is 18.4 Å². The minimum Gasteiger partial charge on any atom is -0.379 e. The number of ether oxygens (including phenoxy) is 1. The smallest absolute Gasteiger partial charge is 0.193 e. The van der Waals surface area contributed by atoms with Gasteiger partial charge >= 0.3 is 0 Å². The van der Waals surface area contributed by atoms with E-state index in [1.807, 2.05) is 19.2 Å². The molecule has 3 rings (SSSR count). The lowest BCUT2D eigenvalue weighted by Gasteiger charge is -2.32. The predicted molar refractivity (Wildman–Crippen MR) is 124 cm³/mol. The first-order valence-corrected chi connectivity index (χ1v) is 10.1. The summed E-state index contributed by atoms with van der Waals surface area (Å²) in [6, 6.07) is 6.32. The minimum absolute atomic E-state index is 0. The number of hydrogen-bond donors (Lipinski definition) is 1. The maximum atomic E-state index is 6.24. The number of rotatable bonds is 5. The Morgan fingerprint density at radius 2 is 2.04 bits per heavy atom. The van der Waals surface area contributed by atoms with Crippen molar-refractivity contribution in [3.63, 3.8) is 0 Å². The highest BCUT2D eigenvalue weighted by atomic mass is 127. The summed E-state index contributed by atoms with van der Waals surface area (Å²) >= 11 is 12.2. The molecule has 1 aromatic carbocycles. The Morgan fingerprint density at radius 1 is 1.26 bits per heavy atom. The Kier molecular flexibility index (Phi) is 9.93. The fourth-order valence-electron chi connectivity index (χ4n) is 3.71. The third kappa shape index (κ3) is 6.63. The molecule has 0 radical (unpaired) electrons. The molecule has 1 N–H and O–H groups in total. The second-order valence-corrected chi connectivity index (χ2v) is 7.69. The molecule has 1 aromatic rings. The number of benzene rings is 1. The van der Waals surface area contributed by atoms with E-state index >= 15 is 0 Å². The van der Waals surface area contributed by atoms with Crippen LogP contribution in [0, 0.1) is 0 Å². The Labute approximate surface area is 189 Å². The highest BCUT2D eigenvalue weighted by Gasteiger charge is 2.30. The number of halogens is 3. The Balaban J connectivity index is 0.00000261. The molecule has 0 aromatic heterocycles. The topological polar surface area (TPSA) is 40.1 Å². The van der Waals surface area contributed by atoms with E-state index in [1.165, 1.54) is 6.42 Å². The fraction of sp³-hybridized carbons (Fsp3) is 0.632. The van der Waals surface area contributed by atoms with Gasteiger partial charge in [0, 0.05) is 55.9 Å². The van der Waals surface area contributed by atoms with Crippen molar-refractivity contribution >= 4 is 53.1 Å². The second kappa shape index (κ2) is 11.7. The summed E-state index contributed by atoms with van der Waals surface area (Å²) in [6.45, 7) is 6.80. The van der Waals surface area contributed by atoms with Gasteiger partial charge in [0.1, 0.15) is 0 Å². The average Bonchev–Trinajstić information content (AvgIpc) is 3.14. The largest absolute Gasteiger partial charge is 0.379 e. The maximum absolute atomic E-state index is 6.24. The molecule has 0 amide bonds. The van der Waals surface area contributed by atoms with E-state index in [9.17, 15) is 0 Å². The van der Waals surface area contributed by atoms with Crippen LogP contribution in [0.25, 0.3) is 0 Å². The Bertz CT molecular complexity index is 626. The Hall–Kier alpha value is -0.280. The van der Waals surface area contributed by atoms with Gasteiger partial charge in [-0.05, 0) is 37.0 Å². The summed E-state index contributed by atoms with van der Waals surface area (Å²) in [5.74, 6) is 1.00. The maximum Gasteiger partial charge on any atom is 0.193 e. The van der Waals surface area contributed by atoms with Gasteiger partial charge in [0.05, 0.1) is 13.2 Å². The van der Waals surface area contributed by atoms with Gasteiger partial charge in [-0.15, -0.1) is 24.0 Å². The summed E-state index contributed by atoms with van der Waals surface area (Å²) in [6.07, 6.45) is 3.12. The number of likely N-dealkylation sites (tertiary alicyclic amines) is 1. The number of morpholine rings is 1. The van der Waals surface area contributed by atoms with Crippen molar-refractivity contribution in [2.75, 3.05) is 53.0 Å². The first-order chi connectivity index (χ1) is 12.7. The van der Waals surface area contributed by atoms with Gasteiger partial charge in [0.25, 0.3) is 0 Å². The number of aryl methyl sites for hydroxylation is 1. The molecule has 152 valence electrons. The van der Waals surface area contributed by atoms with E-state index in [0.29, 0.717) is 11.1 Å². The minimum atomic E-state index is 0. The first kappa shape index (κ1) is 23.0. The van der Waals surface area contributed by atoms with Crippen molar-refractivity contribution < 1.29 is 4.74 Å². The molecule has 0 bridgehead atoms. The van der Waals surface area contributed by atoms with Gasteiger partial charge in [-0.3, -0.25) is 9.89 Å². The van der Waals surface area contributed by atoms with E-state index in [0.717, 1.165) is 75.3 Å². The molecular weight excluding hydrogens is 498 g/mol. The summed E-state index contributed by atoms with van der Waals surface area (Å²) in [5.41, 5.74) is 1.14. The van der Waals surface area contributed by atoms with Crippen molar-refractivity contribution in [2.24, 2.45) is 4.99 Å². The normalized spacial score (nSPS) is 21.2. The lowest BCUT2D eigenvalue weighted by Crippen LogP contribution is -2.46. The number of hydrogen-bond acceptors (Lipinski definition) is 3. The standard InChI is InChI=1S/C19H28Cl2N4O.HI/c1-22-19(23-7-2-3-15-4-5-16(20)13-18(15)21)25-8-6-17(14-25)24-9-11-26-12-10-24;/h4-5,13,17H,2-3,6-12,14H2,1H3,(H,22,23);1H. The van der Waals surface area contributed by atoms with E-state index < -0.39 is 0 Å². The zero-order valence-corrected chi connectivity index (χ0v) is 19.6. The summed E-state index contributed by atoms with van der Waals surface area (Å²) in [7, 11) is 1.86. The van der Waals surface area contributed by atoms with Gasteiger partial charge in [0.2, 0.25) is 0 Å². The summed E-state index contributed by atoms with van der Waals surface area (Å²) in [5, 5.41) is 4.93. The summed E-state index contributed by atoms with van der Waals surface area (Å²) < 4.78 is 5.46. The zero-order valence-electron chi connectivity index (χ0n) is 15.8. The van der Waals surface area contributed by atoms with Gasteiger partial charge in [-0.25, -0.2) is 0 Å². The third-order valence-electron chi connectivity index (χ3n) is 5.16. The van der Waals surface area contributed by atoms with Crippen LogP contribution in [-0.2, 0) is 11.2 Å². The van der Waals surface area contributed by atoms with E-state index in [1.54, 1.807) is 6.07 Å². The molecule has 2 heterocycles. The van der Waals surface area contributed by atoms with Crippen molar-refractivity contribution in [1.29, 1.82) is 0 Å². The van der Waals surface area contributed by atoms with Gasteiger partial charge in [-0.1, -0.05) is 29.3 Å².